The molecule has 1 aromatic carbocycles. The Morgan fingerprint density at radius 1 is 1.21 bits per heavy atom. The number of methoxy groups -OCH3 is 3. The molecule has 0 bridgehead atoms. The molecule has 1 aliphatic rings. The number of nitrogens with zero attached hydrogens (tertiary/aromatic N) is 3. The molecule has 3 atom stereocenters. The molecule has 3 unspecified atom stereocenters. The Labute approximate surface area is 191 Å². The van der Waals surface area contributed by atoms with Crippen LogP contribution in [0.15, 0.2) is 24.5 Å². The van der Waals surface area contributed by atoms with Crippen molar-refractivity contribution in [1.82, 2.24) is 19.9 Å². The van der Waals surface area contributed by atoms with E-state index in [0.29, 0.717) is 51.8 Å². The van der Waals surface area contributed by atoms with Crippen LogP contribution in [0.5, 0.6) is 17.2 Å². The molecule has 33 heavy (non-hydrogen) atoms. The van der Waals surface area contributed by atoms with E-state index in [1.165, 1.54) is 26.2 Å². The fraction of sp³-hybridized carbons (Fsp3) is 0.435. The van der Waals surface area contributed by atoms with Gasteiger partial charge in [0, 0.05) is 23.9 Å². The molecule has 1 aliphatic heterocycles. The highest BCUT2D eigenvalue weighted by Gasteiger charge is 2.38. The van der Waals surface area contributed by atoms with Crippen LogP contribution in [-0.4, -0.2) is 70.1 Å². The molecule has 3 heterocycles. The first-order valence-corrected chi connectivity index (χ1v) is 10.7. The molecule has 0 aliphatic carbocycles. The molecular weight excluding hydrogens is 428 g/mol. The fourth-order valence-corrected chi connectivity index (χ4v) is 4.60. The molecule has 3 aromatic rings. The van der Waals surface area contributed by atoms with E-state index in [2.05, 4.69) is 9.97 Å². The third kappa shape index (κ3) is 4.02. The van der Waals surface area contributed by atoms with Crippen molar-refractivity contribution >= 4 is 17.3 Å². The average Bonchev–Trinajstić information content (AvgIpc) is 3.25. The predicted octanol–water partition coefficient (Wildman–Crippen LogP) is 3.46. The van der Waals surface area contributed by atoms with Crippen molar-refractivity contribution in [3.63, 3.8) is 0 Å². The van der Waals surface area contributed by atoms with E-state index in [1.807, 2.05) is 6.92 Å². The summed E-state index contributed by atoms with van der Waals surface area (Å²) in [5.41, 5.74) is 2.74. The van der Waals surface area contributed by atoms with Crippen molar-refractivity contribution in [1.29, 1.82) is 0 Å². The van der Waals surface area contributed by atoms with Crippen LogP contribution in [0, 0.1) is 5.92 Å². The van der Waals surface area contributed by atoms with Gasteiger partial charge in [-0.15, -0.1) is 0 Å². The molecule has 10 nitrogen and oxygen atoms in total. The quantitative estimate of drug-likeness (QED) is 0.514. The second-order valence-corrected chi connectivity index (χ2v) is 8.14. The average molecular weight is 456 g/mol. The minimum Gasteiger partial charge on any atom is -0.493 e. The Morgan fingerprint density at radius 2 is 1.91 bits per heavy atom. The van der Waals surface area contributed by atoms with E-state index in [9.17, 15) is 15.0 Å². The first kappa shape index (κ1) is 22.7. The van der Waals surface area contributed by atoms with Crippen molar-refractivity contribution in [2.45, 2.75) is 31.9 Å². The number of nitrogens with one attached hydrogen (secondary N) is 1. The lowest BCUT2D eigenvalue weighted by Gasteiger charge is -2.40. The lowest BCUT2D eigenvalue weighted by atomic mass is 9.85. The van der Waals surface area contributed by atoms with Gasteiger partial charge in [0.1, 0.15) is 11.6 Å². The van der Waals surface area contributed by atoms with Crippen molar-refractivity contribution in [2.75, 3.05) is 27.9 Å². The number of aromatic nitrogens is 3. The summed E-state index contributed by atoms with van der Waals surface area (Å²) in [5.74, 6) is 1.43. The number of aliphatic hydroxyl groups excluding tert-OH is 1. The number of fused-ring (bicyclic) bond motifs is 1. The predicted molar refractivity (Wildman–Crippen MR) is 121 cm³/mol. The largest absolute Gasteiger partial charge is 0.493 e. The smallest absolute Gasteiger partial charge is 0.407 e. The Morgan fingerprint density at radius 3 is 2.52 bits per heavy atom. The Bertz CT molecular complexity index is 1140. The molecular formula is C23H28N4O6. The zero-order chi connectivity index (χ0) is 23.7. The number of ether oxygens (including phenoxy) is 3. The van der Waals surface area contributed by atoms with Gasteiger partial charge in [0.2, 0.25) is 5.75 Å². The molecule has 0 saturated carbocycles. The van der Waals surface area contributed by atoms with E-state index >= 15 is 0 Å². The van der Waals surface area contributed by atoms with Crippen LogP contribution in [0.4, 0.5) is 4.79 Å². The highest BCUT2D eigenvalue weighted by Crippen LogP contribution is 2.41. The van der Waals surface area contributed by atoms with Gasteiger partial charge in [-0.25, -0.2) is 14.8 Å². The second kappa shape index (κ2) is 9.14. The maximum atomic E-state index is 11.8. The first-order chi connectivity index (χ1) is 15.9. The van der Waals surface area contributed by atoms with E-state index in [1.54, 1.807) is 24.5 Å². The minimum atomic E-state index is -1.05. The summed E-state index contributed by atoms with van der Waals surface area (Å²) in [6, 6.07) is 2.98. The van der Waals surface area contributed by atoms with Gasteiger partial charge in [-0.2, -0.15) is 0 Å². The highest BCUT2D eigenvalue weighted by atomic mass is 16.5. The van der Waals surface area contributed by atoms with Crippen LogP contribution < -0.4 is 14.2 Å². The van der Waals surface area contributed by atoms with E-state index in [4.69, 9.17) is 19.2 Å². The zero-order valence-corrected chi connectivity index (χ0v) is 19.0. The van der Waals surface area contributed by atoms with E-state index < -0.39 is 18.2 Å². The Balaban J connectivity index is 1.78. The summed E-state index contributed by atoms with van der Waals surface area (Å²) in [7, 11) is 4.61. The molecule has 0 radical (unpaired) electrons. The van der Waals surface area contributed by atoms with Crippen molar-refractivity contribution < 1.29 is 29.2 Å². The van der Waals surface area contributed by atoms with Crippen molar-refractivity contribution in [3.05, 3.63) is 30.1 Å². The molecule has 0 spiro atoms. The summed E-state index contributed by atoms with van der Waals surface area (Å²) >= 11 is 0. The second-order valence-electron chi connectivity index (χ2n) is 8.14. The number of aromatic amines is 1. The van der Waals surface area contributed by atoms with Crippen molar-refractivity contribution in [2.24, 2.45) is 5.92 Å². The number of carbonyl (C=O) groups is 1. The number of hydrogen-bond donors (Lipinski definition) is 3. The summed E-state index contributed by atoms with van der Waals surface area (Å²) < 4.78 is 16.3. The van der Waals surface area contributed by atoms with Crippen LogP contribution in [0.25, 0.3) is 22.4 Å². The van der Waals surface area contributed by atoms with E-state index in [0.717, 1.165) is 12.8 Å². The maximum Gasteiger partial charge on any atom is 0.407 e. The number of piperidine rings is 1. The Hall–Kier alpha value is -3.53. The molecule has 1 fully saturated rings. The third-order valence-corrected chi connectivity index (χ3v) is 6.26. The number of hydrogen-bond acceptors (Lipinski definition) is 7. The molecule has 10 heteroatoms. The van der Waals surface area contributed by atoms with Crippen LogP contribution in [0.1, 0.15) is 31.4 Å². The van der Waals surface area contributed by atoms with Gasteiger partial charge in [-0.1, -0.05) is 6.92 Å². The number of amides is 1. The molecule has 176 valence electrons. The molecule has 2 aromatic heterocycles. The van der Waals surface area contributed by atoms with E-state index in [-0.39, 0.29) is 5.92 Å². The molecule has 3 N–H and O–H groups in total. The number of benzene rings is 1. The van der Waals surface area contributed by atoms with Gasteiger partial charge >= 0.3 is 6.09 Å². The van der Waals surface area contributed by atoms with Gasteiger partial charge in [0.05, 0.1) is 39.3 Å². The topological polar surface area (TPSA) is 130 Å². The summed E-state index contributed by atoms with van der Waals surface area (Å²) in [6.45, 7) is 2.36. The van der Waals surface area contributed by atoms with Crippen LogP contribution in [0.2, 0.25) is 0 Å². The number of aliphatic hydroxyl groups is 1. The summed E-state index contributed by atoms with van der Waals surface area (Å²) in [5, 5.41) is 20.9. The Kier molecular flexibility index (Phi) is 6.28. The molecule has 1 amide bonds. The van der Waals surface area contributed by atoms with Crippen LogP contribution >= 0.6 is 0 Å². The fourth-order valence-electron chi connectivity index (χ4n) is 4.60. The lowest BCUT2D eigenvalue weighted by molar-refractivity contribution is 0.00297. The van der Waals surface area contributed by atoms with Gasteiger partial charge in [0.25, 0.3) is 0 Å². The number of H-pyrrole nitrogens is 1. The third-order valence-electron chi connectivity index (χ3n) is 6.26. The van der Waals surface area contributed by atoms with Gasteiger partial charge < -0.3 is 34.3 Å². The minimum absolute atomic E-state index is 0.000974. The van der Waals surface area contributed by atoms with Crippen LogP contribution in [-0.2, 0) is 0 Å². The first-order valence-electron chi connectivity index (χ1n) is 10.7. The number of likely N-dealkylation sites (tertiary alicyclic amines) is 1. The molecule has 4 rings (SSSR count). The standard InChI is InChI=1S/C23H28N4O6/c1-12-6-5-7-27(23(29)30)19(12)20(28)14-10-24-22-18(14)26-15(11-25-22)13-8-16(31-2)21(33-4)17(9-13)32-3/h8-12,19-20,28H,5-7H2,1-4H3,(H,24,25)(H,29,30). The van der Waals surface area contributed by atoms with Crippen LogP contribution in [0.3, 0.4) is 0 Å². The lowest BCUT2D eigenvalue weighted by Crippen LogP contribution is -2.50. The normalized spacial score (nSPS) is 19.4. The highest BCUT2D eigenvalue weighted by molar-refractivity contribution is 5.79. The summed E-state index contributed by atoms with van der Waals surface area (Å²) in [6.07, 6.45) is 2.80. The summed E-state index contributed by atoms with van der Waals surface area (Å²) in [4.78, 5) is 25.4. The monoisotopic (exact) mass is 456 g/mol. The SMILES string of the molecule is COc1cc(-c2cnc3[nH]cc(C(O)C4C(C)CCCN4C(=O)O)c3n2)cc(OC)c1OC. The molecule has 1 saturated heterocycles. The zero-order valence-electron chi connectivity index (χ0n) is 19.0. The maximum absolute atomic E-state index is 11.8. The van der Waals surface area contributed by atoms with Gasteiger partial charge in [0.15, 0.2) is 17.1 Å². The number of rotatable bonds is 6. The number of carboxylic acid groups (broad SMARTS) is 1. The van der Waals surface area contributed by atoms with Gasteiger partial charge in [-0.3, -0.25) is 0 Å². The van der Waals surface area contributed by atoms with Gasteiger partial charge in [-0.05, 0) is 30.9 Å². The van der Waals surface area contributed by atoms with Crippen molar-refractivity contribution in [3.8, 4) is 28.5 Å².